The van der Waals surface area contributed by atoms with Crippen LogP contribution in [0.15, 0.2) is 0 Å². The van der Waals surface area contributed by atoms with Crippen molar-refractivity contribution in [2.24, 2.45) is 10.8 Å². The topological polar surface area (TPSA) is 72.5 Å². The molecule has 0 bridgehead atoms. The Hall–Kier alpha value is -0.890. The minimum Gasteiger partial charge on any atom is -0.401 e. The molecule has 0 aliphatic heterocycles. The number of carbonyl (C=O) groups is 1. The highest BCUT2D eigenvalue weighted by atomic mass is 17.2. The van der Waals surface area contributed by atoms with Gasteiger partial charge in [-0.05, 0) is 51.4 Å². The second-order valence-electron chi connectivity index (χ2n) is 15.0. The molecule has 7 heteroatoms. The molecule has 0 aromatic carbocycles. The van der Waals surface area contributed by atoms with E-state index < -0.39 is 29.9 Å². The molecule has 0 amide bonds. The van der Waals surface area contributed by atoms with Crippen molar-refractivity contribution < 1.29 is 33.8 Å². The monoisotopic (exact) mass is 603 g/mol. The van der Waals surface area contributed by atoms with E-state index in [1.807, 2.05) is 27.7 Å². The molecule has 0 N–H and O–H groups in total. The lowest BCUT2D eigenvalue weighted by Gasteiger charge is -2.38. The Morgan fingerprint density at radius 2 is 0.762 bits per heavy atom. The van der Waals surface area contributed by atoms with Gasteiger partial charge in [-0.15, -0.1) is 0 Å². The smallest absolute Gasteiger partial charge is 0.401 e. The fourth-order valence-electron chi connectivity index (χ4n) is 3.63. The van der Waals surface area contributed by atoms with Gasteiger partial charge in [0.2, 0.25) is 12.6 Å². The van der Waals surface area contributed by atoms with Gasteiger partial charge in [0.1, 0.15) is 11.2 Å². The third-order valence-electron chi connectivity index (χ3n) is 8.88. The molecule has 252 valence electrons. The van der Waals surface area contributed by atoms with Crippen molar-refractivity contribution >= 4 is 6.16 Å². The van der Waals surface area contributed by atoms with Crippen LogP contribution >= 0.6 is 0 Å². The summed E-state index contributed by atoms with van der Waals surface area (Å²) < 4.78 is 11.3. The van der Waals surface area contributed by atoms with Gasteiger partial charge in [0.25, 0.3) is 0 Å². The van der Waals surface area contributed by atoms with E-state index >= 15 is 0 Å². The number of hydrogen-bond donors (Lipinski definition) is 0. The molecule has 2 unspecified atom stereocenters. The van der Waals surface area contributed by atoms with E-state index in [0.29, 0.717) is 12.8 Å². The molecule has 0 spiro atoms. The van der Waals surface area contributed by atoms with Crippen LogP contribution < -0.4 is 0 Å². The van der Waals surface area contributed by atoms with Crippen LogP contribution in [0.5, 0.6) is 0 Å². The summed E-state index contributed by atoms with van der Waals surface area (Å²) in [6, 6.07) is 0. The Balaban J connectivity index is 5.24. The average Bonchev–Trinajstić information content (AvgIpc) is 2.87. The Morgan fingerprint density at radius 1 is 0.476 bits per heavy atom. The third kappa shape index (κ3) is 18.7. The van der Waals surface area contributed by atoms with Gasteiger partial charge in [-0.3, -0.25) is 0 Å². The van der Waals surface area contributed by atoms with Crippen molar-refractivity contribution in [2.45, 2.75) is 210 Å². The molecule has 7 nitrogen and oxygen atoms in total. The fraction of sp³-hybridized carbons (Fsp3) is 0.971. The standard InChI is InChI=1S/C35H70O7/c1-13-15-17-19-21-23-25-27-29(39-41-34(9,10)32(3,4)5)37-31(36)38-30(28-26-24-22-20-18-16-14-2)40-42-35(11,12)33(6,7)8/h29-30H,13-28H2,1-12H3. The van der Waals surface area contributed by atoms with Crippen LogP contribution in [0.25, 0.3) is 0 Å². The molecule has 0 aromatic heterocycles. The van der Waals surface area contributed by atoms with Crippen molar-refractivity contribution in [2.75, 3.05) is 0 Å². The Labute approximate surface area is 260 Å². The quantitative estimate of drug-likeness (QED) is 0.0358. The van der Waals surface area contributed by atoms with E-state index in [0.717, 1.165) is 38.5 Å². The van der Waals surface area contributed by atoms with E-state index in [1.165, 1.54) is 51.4 Å². The highest BCUT2D eigenvalue weighted by molar-refractivity contribution is 5.60. The number of hydrogen-bond acceptors (Lipinski definition) is 7. The predicted molar refractivity (Wildman–Crippen MR) is 172 cm³/mol. The first-order chi connectivity index (χ1) is 19.5. The van der Waals surface area contributed by atoms with Crippen molar-refractivity contribution in [3.05, 3.63) is 0 Å². The van der Waals surface area contributed by atoms with Crippen LogP contribution in [-0.4, -0.2) is 29.9 Å². The molecule has 0 saturated carbocycles. The van der Waals surface area contributed by atoms with E-state index in [4.69, 9.17) is 29.0 Å². The number of rotatable bonds is 24. The van der Waals surface area contributed by atoms with Crippen molar-refractivity contribution in [3.8, 4) is 0 Å². The zero-order chi connectivity index (χ0) is 32.3. The van der Waals surface area contributed by atoms with Crippen LogP contribution in [0.4, 0.5) is 4.79 Å². The maximum Gasteiger partial charge on any atom is 0.513 e. The molecule has 0 rings (SSSR count). The summed E-state index contributed by atoms with van der Waals surface area (Å²) in [6.07, 6.45) is 14.6. The maximum absolute atomic E-state index is 13.0. The lowest BCUT2D eigenvalue weighted by molar-refractivity contribution is -0.437. The van der Waals surface area contributed by atoms with Crippen molar-refractivity contribution in [1.29, 1.82) is 0 Å². The van der Waals surface area contributed by atoms with Gasteiger partial charge in [0.05, 0.1) is 0 Å². The second kappa shape index (κ2) is 21.0. The highest BCUT2D eigenvalue weighted by Crippen LogP contribution is 2.35. The van der Waals surface area contributed by atoms with Gasteiger partial charge >= 0.3 is 6.16 Å². The summed E-state index contributed by atoms with van der Waals surface area (Å²) >= 11 is 0. The lowest BCUT2D eigenvalue weighted by atomic mass is 9.79. The predicted octanol–water partition coefficient (Wildman–Crippen LogP) is 11.6. The van der Waals surface area contributed by atoms with E-state index in [9.17, 15) is 4.79 Å². The first-order valence-corrected chi connectivity index (χ1v) is 17.0. The Bertz CT molecular complexity index is 620. The first kappa shape index (κ1) is 41.1. The minimum absolute atomic E-state index is 0.177. The average molecular weight is 603 g/mol. The molecule has 0 heterocycles. The lowest BCUT2D eigenvalue weighted by Crippen LogP contribution is -2.42. The summed E-state index contributed by atoms with van der Waals surface area (Å²) in [7, 11) is 0. The minimum atomic E-state index is -0.874. The van der Waals surface area contributed by atoms with E-state index in [-0.39, 0.29) is 10.8 Å². The van der Waals surface area contributed by atoms with Crippen molar-refractivity contribution in [3.63, 3.8) is 0 Å². The number of ether oxygens (including phenoxy) is 2. The molecular formula is C35H70O7. The van der Waals surface area contributed by atoms with Crippen molar-refractivity contribution in [1.82, 2.24) is 0 Å². The Kier molecular flexibility index (Phi) is 20.5. The third-order valence-corrected chi connectivity index (χ3v) is 8.88. The zero-order valence-corrected chi connectivity index (χ0v) is 29.8. The summed E-state index contributed by atoms with van der Waals surface area (Å²) in [6.45, 7) is 24.8. The summed E-state index contributed by atoms with van der Waals surface area (Å²) in [4.78, 5) is 36.2. The van der Waals surface area contributed by atoms with E-state index in [1.54, 1.807) is 0 Å². The van der Waals surface area contributed by atoms with Gasteiger partial charge in [-0.25, -0.2) is 14.6 Å². The van der Waals surface area contributed by atoms with Gasteiger partial charge in [0.15, 0.2) is 0 Å². The molecule has 0 aromatic rings. The fourth-order valence-corrected chi connectivity index (χ4v) is 3.63. The second-order valence-corrected chi connectivity index (χ2v) is 15.0. The highest BCUT2D eigenvalue weighted by Gasteiger charge is 2.38. The van der Waals surface area contributed by atoms with E-state index in [2.05, 4.69) is 55.4 Å². The molecule has 0 radical (unpaired) electrons. The molecule has 0 aliphatic rings. The molecule has 0 aliphatic carbocycles. The van der Waals surface area contributed by atoms with Crippen LogP contribution in [0.3, 0.4) is 0 Å². The molecule has 0 fully saturated rings. The largest absolute Gasteiger partial charge is 0.513 e. The van der Waals surface area contributed by atoms with Crippen LogP contribution in [0.2, 0.25) is 0 Å². The van der Waals surface area contributed by atoms with Gasteiger partial charge in [-0.2, -0.15) is 9.78 Å². The summed E-state index contributed by atoms with van der Waals surface area (Å²) in [5.41, 5.74) is -1.53. The molecular weight excluding hydrogens is 532 g/mol. The number of carbonyl (C=O) groups excluding carboxylic acids is 1. The van der Waals surface area contributed by atoms with Gasteiger partial charge in [-0.1, -0.05) is 132 Å². The summed E-state index contributed by atoms with van der Waals surface area (Å²) in [5, 5.41) is 0. The van der Waals surface area contributed by atoms with Gasteiger partial charge < -0.3 is 9.47 Å². The van der Waals surface area contributed by atoms with Crippen LogP contribution in [0, 0.1) is 10.8 Å². The zero-order valence-electron chi connectivity index (χ0n) is 29.8. The first-order valence-electron chi connectivity index (χ1n) is 17.0. The molecule has 42 heavy (non-hydrogen) atoms. The van der Waals surface area contributed by atoms with Gasteiger partial charge in [0, 0.05) is 12.8 Å². The maximum atomic E-state index is 13.0. The van der Waals surface area contributed by atoms with Crippen LogP contribution in [-0.2, 0) is 29.0 Å². The normalized spacial score (nSPS) is 14.6. The summed E-state index contributed by atoms with van der Waals surface area (Å²) in [5.74, 6) is 0. The SMILES string of the molecule is CCCCCCCCCC(OOC(C)(C)C(C)(C)C)OC(=O)OC(CCCCCCCCC)OOC(C)(C)C(C)(C)C. The van der Waals surface area contributed by atoms with Crippen LogP contribution in [0.1, 0.15) is 186 Å². The number of unbranched alkanes of at least 4 members (excludes halogenated alkanes) is 12. The Morgan fingerprint density at radius 3 is 1.05 bits per heavy atom. The molecule has 0 saturated heterocycles. The molecule has 2 atom stereocenters.